The highest BCUT2D eigenvalue weighted by molar-refractivity contribution is 5.94. The fourth-order valence-electron chi connectivity index (χ4n) is 2.93. The van der Waals surface area contributed by atoms with Crippen molar-refractivity contribution in [3.05, 3.63) is 29.6 Å². The summed E-state index contributed by atoms with van der Waals surface area (Å²) in [5.41, 5.74) is -0.0203. The first-order valence-corrected chi connectivity index (χ1v) is 8.92. The first kappa shape index (κ1) is 20.7. The van der Waals surface area contributed by atoms with Crippen LogP contribution in [0, 0.1) is 0 Å². The monoisotopic (exact) mass is 377 g/mol. The minimum absolute atomic E-state index is 0.0999. The zero-order chi connectivity index (χ0) is 20.2. The molecule has 0 aliphatic carbocycles. The molecule has 0 spiro atoms. The number of carbonyl (C=O) groups excluding carboxylic acids is 3. The van der Waals surface area contributed by atoms with Crippen LogP contribution in [0.4, 0.5) is 4.79 Å². The highest BCUT2D eigenvalue weighted by Gasteiger charge is 2.32. The lowest BCUT2D eigenvalue weighted by Crippen LogP contribution is -2.45. The number of hydrogen-bond acceptors (Lipinski definition) is 6. The molecule has 1 aliphatic rings. The number of rotatable bonds is 4. The van der Waals surface area contributed by atoms with Gasteiger partial charge in [0, 0.05) is 32.4 Å². The average molecular weight is 377 g/mol. The van der Waals surface area contributed by atoms with Crippen molar-refractivity contribution in [3.8, 4) is 0 Å². The summed E-state index contributed by atoms with van der Waals surface area (Å²) >= 11 is 0. The number of carbonyl (C=O) groups is 3. The van der Waals surface area contributed by atoms with Gasteiger partial charge in [0.25, 0.3) is 5.91 Å². The standard InChI is InChI=1S/C19H27N3O5/c1-19(2,3)27-18(25)21(4)12-14-7-6-10-22(14)16(23)15-9-8-13(11-20-15)17(24)26-5/h8-9,11,14H,6-7,10,12H2,1-5H3/t14-/m1/s1. The van der Waals surface area contributed by atoms with Crippen molar-refractivity contribution in [1.82, 2.24) is 14.8 Å². The van der Waals surface area contributed by atoms with Crippen LogP contribution in [0.3, 0.4) is 0 Å². The van der Waals surface area contributed by atoms with Gasteiger partial charge in [0.2, 0.25) is 0 Å². The van der Waals surface area contributed by atoms with Crippen LogP contribution in [-0.2, 0) is 9.47 Å². The molecule has 2 rings (SSSR count). The van der Waals surface area contributed by atoms with Crippen LogP contribution in [0.15, 0.2) is 18.3 Å². The van der Waals surface area contributed by atoms with E-state index >= 15 is 0 Å². The summed E-state index contributed by atoms with van der Waals surface area (Å²) in [6.07, 6.45) is 2.58. The van der Waals surface area contributed by atoms with Gasteiger partial charge in [-0.1, -0.05) is 0 Å². The summed E-state index contributed by atoms with van der Waals surface area (Å²) < 4.78 is 9.99. The predicted octanol–water partition coefficient (Wildman–Crippen LogP) is 2.34. The quantitative estimate of drug-likeness (QED) is 0.748. The van der Waals surface area contributed by atoms with E-state index in [-0.39, 0.29) is 23.2 Å². The second kappa shape index (κ2) is 8.37. The summed E-state index contributed by atoms with van der Waals surface area (Å²) in [6.45, 7) is 6.43. The Morgan fingerprint density at radius 1 is 1.30 bits per heavy atom. The largest absolute Gasteiger partial charge is 0.465 e. The summed E-state index contributed by atoms with van der Waals surface area (Å²) in [5, 5.41) is 0. The van der Waals surface area contributed by atoms with Crippen LogP contribution < -0.4 is 0 Å². The SMILES string of the molecule is COC(=O)c1ccc(C(=O)N2CCC[C@@H]2CN(C)C(=O)OC(C)(C)C)nc1. The molecule has 2 heterocycles. The molecule has 0 radical (unpaired) electrons. The van der Waals surface area contributed by atoms with E-state index < -0.39 is 17.7 Å². The fraction of sp³-hybridized carbons (Fsp3) is 0.579. The zero-order valence-electron chi connectivity index (χ0n) is 16.5. The number of ether oxygens (including phenoxy) is 2. The van der Waals surface area contributed by atoms with Gasteiger partial charge in [-0.25, -0.2) is 9.59 Å². The van der Waals surface area contributed by atoms with Gasteiger partial charge in [-0.15, -0.1) is 0 Å². The number of pyridine rings is 1. The molecule has 27 heavy (non-hydrogen) atoms. The van der Waals surface area contributed by atoms with Crippen LogP contribution in [0.5, 0.6) is 0 Å². The molecule has 0 bridgehead atoms. The van der Waals surface area contributed by atoms with Gasteiger partial charge in [0.05, 0.1) is 12.7 Å². The maximum Gasteiger partial charge on any atom is 0.410 e. The Kier molecular flexibility index (Phi) is 6.41. The third-order valence-electron chi connectivity index (χ3n) is 4.23. The van der Waals surface area contributed by atoms with E-state index in [2.05, 4.69) is 9.72 Å². The third-order valence-corrected chi connectivity index (χ3v) is 4.23. The van der Waals surface area contributed by atoms with Crippen molar-refractivity contribution in [1.29, 1.82) is 0 Å². The lowest BCUT2D eigenvalue weighted by molar-refractivity contribution is 0.0252. The maximum absolute atomic E-state index is 12.8. The number of hydrogen-bond donors (Lipinski definition) is 0. The van der Waals surface area contributed by atoms with E-state index in [4.69, 9.17) is 4.74 Å². The molecule has 1 aromatic heterocycles. The first-order chi connectivity index (χ1) is 12.6. The van der Waals surface area contributed by atoms with Gasteiger partial charge >= 0.3 is 12.1 Å². The number of aromatic nitrogens is 1. The molecule has 2 amide bonds. The number of methoxy groups -OCH3 is 1. The lowest BCUT2D eigenvalue weighted by Gasteiger charge is -2.30. The van der Waals surface area contributed by atoms with Crippen molar-refractivity contribution in [3.63, 3.8) is 0 Å². The minimum Gasteiger partial charge on any atom is -0.465 e. The number of esters is 1. The van der Waals surface area contributed by atoms with E-state index in [0.717, 1.165) is 12.8 Å². The van der Waals surface area contributed by atoms with E-state index in [1.54, 1.807) is 11.9 Å². The predicted molar refractivity (Wildman–Crippen MR) is 98.5 cm³/mol. The van der Waals surface area contributed by atoms with E-state index in [1.807, 2.05) is 20.8 Å². The Morgan fingerprint density at radius 2 is 2.00 bits per heavy atom. The van der Waals surface area contributed by atoms with Crippen LogP contribution in [0.2, 0.25) is 0 Å². The number of likely N-dealkylation sites (N-methyl/N-ethyl adjacent to an activating group) is 1. The summed E-state index contributed by atoms with van der Waals surface area (Å²) in [7, 11) is 2.95. The Morgan fingerprint density at radius 3 is 2.56 bits per heavy atom. The van der Waals surface area contributed by atoms with Crippen molar-refractivity contribution >= 4 is 18.0 Å². The molecule has 1 atom stereocenters. The maximum atomic E-state index is 12.8. The number of amides is 2. The van der Waals surface area contributed by atoms with Gasteiger partial charge in [-0.2, -0.15) is 0 Å². The van der Waals surface area contributed by atoms with Gasteiger partial charge in [0.1, 0.15) is 11.3 Å². The molecular weight excluding hydrogens is 350 g/mol. The van der Waals surface area contributed by atoms with E-state index in [9.17, 15) is 14.4 Å². The van der Waals surface area contributed by atoms with E-state index in [1.165, 1.54) is 30.3 Å². The second-order valence-corrected chi connectivity index (χ2v) is 7.58. The van der Waals surface area contributed by atoms with Crippen LogP contribution in [0.1, 0.15) is 54.5 Å². The third kappa shape index (κ3) is 5.42. The van der Waals surface area contributed by atoms with Gasteiger partial charge < -0.3 is 19.3 Å². The van der Waals surface area contributed by atoms with Crippen molar-refractivity contribution in [2.24, 2.45) is 0 Å². The Bertz CT molecular complexity index is 696. The van der Waals surface area contributed by atoms with Crippen molar-refractivity contribution < 1.29 is 23.9 Å². The molecule has 0 unspecified atom stereocenters. The van der Waals surface area contributed by atoms with Crippen LogP contribution >= 0.6 is 0 Å². The number of nitrogens with zero attached hydrogens (tertiary/aromatic N) is 3. The highest BCUT2D eigenvalue weighted by Crippen LogP contribution is 2.21. The molecule has 148 valence electrons. The number of likely N-dealkylation sites (tertiary alicyclic amines) is 1. The molecule has 8 heteroatoms. The molecule has 1 aliphatic heterocycles. The Balaban J connectivity index is 2.03. The van der Waals surface area contributed by atoms with Gasteiger partial charge in [0.15, 0.2) is 0 Å². The molecule has 0 N–H and O–H groups in total. The smallest absolute Gasteiger partial charge is 0.410 e. The fourth-order valence-corrected chi connectivity index (χ4v) is 2.93. The van der Waals surface area contributed by atoms with Crippen LogP contribution in [0.25, 0.3) is 0 Å². The van der Waals surface area contributed by atoms with E-state index in [0.29, 0.717) is 13.1 Å². The van der Waals surface area contributed by atoms with Crippen molar-refractivity contribution in [2.45, 2.75) is 45.3 Å². The van der Waals surface area contributed by atoms with Gasteiger partial charge in [-0.3, -0.25) is 9.78 Å². The normalized spacial score (nSPS) is 16.8. The lowest BCUT2D eigenvalue weighted by atomic mass is 10.2. The average Bonchev–Trinajstić information content (AvgIpc) is 3.07. The highest BCUT2D eigenvalue weighted by atomic mass is 16.6. The summed E-state index contributed by atoms with van der Waals surface area (Å²) in [4.78, 5) is 43.8. The molecule has 1 saturated heterocycles. The minimum atomic E-state index is -0.568. The summed E-state index contributed by atoms with van der Waals surface area (Å²) in [6, 6.07) is 2.93. The van der Waals surface area contributed by atoms with Crippen molar-refractivity contribution in [2.75, 3.05) is 27.2 Å². The molecule has 0 aromatic carbocycles. The molecule has 8 nitrogen and oxygen atoms in total. The summed E-state index contributed by atoms with van der Waals surface area (Å²) in [5.74, 6) is -0.717. The van der Waals surface area contributed by atoms with Gasteiger partial charge in [-0.05, 0) is 45.7 Å². The van der Waals surface area contributed by atoms with Crippen LogP contribution in [-0.4, -0.2) is 71.6 Å². The molecule has 1 fully saturated rings. The Labute approximate surface area is 159 Å². The molecule has 1 aromatic rings. The second-order valence-electron chi connectivity index (χ2n) is 7.58. The molecular formula is C19H27N3O5. The first-order valence-electron chi connectivity index (χ1n) is 8.92. The topological polar surface area (TPSA) is 89.0 Å². The molecule has 0 saturated carbocycles. The Hall–Kier alpha value is -2.64. The zero-order valence-corrected chi connectivity index (χ0v) is 16.5.